The van der Waals surface area contributed by atoms with Gasteiger partial charge < -0.3 is 9.88 Å². The van der Waals surface area contributed by atoms with Gasteiger partial charge >= 0.3 is 0 Å². The van der Waals surface area contributed by atoms with Gasteiger partial charge in [0, 0.05) is 37.9 Å². The van der Waals surface area contributed by atoms with Crippen molar-refractivity contribution in [2.75, 3.05) is 6.54 Å². The molecule has 2 aliphatic rings. The Balaban J connectivity index is 1.28. The number of hydrogen-bond acceptors (Lipinski definition) is 4. The molecule has 3 atom stereocenters. The van der Waals surface area contributed by atoms with Crippen LogP contribution in [0.2, 0.25) is 0 Å². The van der Waals surface area contributed by atoms with E-state index in [1.165, 1.54) is 5.52 Å². The van der Waals surface area contributed by atoms with Crippen molar-refractivity contribution in [2.24, 2.45) is 17.8 Å². The molecule has 1 aliphatic heterocycles. The molecule has 3 N–H and O–H groups in total. The largest absolute Gasteiger partial charge is 0.356 e. The fourth-order valence-electron chi connectivity index (χ4n) is 5.16. The van der Waals surface area contributed by atoms with Gasteiger partial charge in [0.2, 0.25) is 11.8 Å². The SMILES string of the molecule is CC(C)Cn1c(CCCNC(=O)CC2NNC(=O)C3CCCCC23)nc2ccccc21. The molecule has 2 aromatic rings. The Labute approximate surface area is 184 Å². The summed E-state index contributed by atoms with van der Waals surface area (Å²) >= 11 is 0. The maximum atomic E-state index is 12.5. The minimum Gasteiger partial charge on any atom is -0.356 e. The van der Waals surface area contributed by atoms with Crippen LogP contribution in [0.3, 0.4) is 0 Å². The number of nitrogens with one attached hydrogen (secondary N) is 3. The van der Waals surface area contributed by atoms with E-state index >= 15 is 0 Å². The molecule has 31 heavy (non-hydrogen) atoms. The Hall–Kier alpha value is -2.41. The van der Waals surface area contributed by atoms with Crippen molar-refractivity contribution >= 4 is 22.8 Å². The summed E-state index contributed by atoms with van der Waals surface area (Å²) in [5.74, 6) is 2.10. The highest BCUT2D eigenvalue weighted by Crippen LogP contribution is 2.35. The zero-order valence-electron chi connectivity index (χ0n) is 18.7. The minimum atomic E-state index is 0.0261. The van der Waals surface area contributed by atoms with Crippen molar-refractivity contribution in [1.29, 1.82) is 0 Å². The van der Waals surface area contributed by atoms with Crippen molar-refractivity contribution in [3.05, 3.63) is 30.1 Å². The number of hydrogen-bond donors (Lipinski definition) is 3. The van der Waals surface area contributed by atoms with Crippen molar-refractivity contribution in [3.8, 4) is 0 Å². The van der Waals surface area contributed by atoms with Gasteiger partial charge in [-0.3, -0.25) is 15.0 Å². The zero-order valence-corrected chi connectivity index (χ0v) is 18.7. The Morgan fingerprint density at radius 1 is 1.26 bits per heavy atom. The third kappa shape index (κ3) is 5.09. The summed E-state index contributed by atoms with van der Waals surface area (Å²) in [7, 11) is 0. The second kappa shape index (κ2) is 9.81. The lowest BCUT2D eigenvalue weighted by Gasteiger charge is -2.40. The summed E-state index contributed by atoms with van der Waals surface area (Å²) in [6, 6.07) is 8.30. The van der Waals surface area contributed by atoms with Crippen LogP contribution in [0.15, 0.2) is 24.3 Å². The molecule has 3 unspecified atom stereocenters. The van der Waals surface area contributed by atoms with E-state index in [1.54, 1.807) is 0 Å². The number of para-hydroxylation sites is 2. The molecule has 0 radical (unpaired) electrons. The van der Waals surface area contributed by atoms with Crippen LogP contribution in [0.5, 0.6) is 0 Å². The third-order valence-corrected chi connectivity index (χ3v) is 6.64. The molecule has 1 saturated heterocycles. The Kier molecular flexibility index (Phi) is 6.90. The van der Waals surface area contributed by atoms with Crippen LogP contribution >= 0.6 is 0 Å². The standard InChI is InChI=1S/C24H35N5O2/c1-16(2)15-29-21-11-6-5-10-19(21)26-22(29)12-7-13-25-23(30)14-20-17-8-3-4-9-18(17)24(31)28-27-20/h5-6,10-11,16-18,20,27H,3-4,7-9,12-15H2,1-2H3,(H,25,30)(H,28,31). The van der Waals surface area contributed by atoms with Gasteiger partial charge in [-0.1, -0.05) is 38.8 Å². The molecular formula is C24H35N5O2. The molecule has 1 aliphatic carbocycles. The fraction of sp³-hybridized carbons (Fsp3) is 0.625. The number of nitrogens with zero attached hydrogens (tertiary/aromatic N) is 2. The van der Waals surface area contributed by atoms with Crippen molar-refractivity contribution in [1.82, 2.24) is 25.7 Å². The summed E-state index contributed by atoms with van der Waals surface area (Å²) in [5.41, 5.74) is 8.08. The minimum absolute atomic E-state index is 0.0261. The molecular weight excluding hydrogens is 390 g/mol. The summed E-state index contributed by atoms with van der Waals surface area (Å²) in [6.07, 6.45) is 6.31. The van der Waals surface area contributed by atoms with Crippen LogP contribution in [0, 0.1) is 17.8 Å². The molecule has 1 aromatic heterocycles. The number of imidazole rings is 1. The molecule has 0 spiro atoms. The average Bonchev–Trinajstić information content (AvgIpc) is 3.10. The summed E-state index contributed by atoms with van der Waals surface area (Å²) in [5, 5.41) is 3.07. The van der Waals surface area contributed by atoms with E-state index < -0.39 is 0 Å². The normalized spacial score (nSPS) is 23.6. The van der Waals surface area contributed by atoms with Gasteiger partial charge in [0.1, 0.15) is 5.82 Å². The van der Waals surface area contributed by atoms with Crippen LogP contribution in [0.1, 0.15) is 58.2 Å². The highest BCUT2D eigenvalue weighted by Gasteiger charge is 2.40. The number of aryl methyl sites for hydroxylation is 1. The number of hydrazine groups is 1. The van der Waals surface area contributed by atoms with E-state index in [2.05, 4.69) is 52.8 Å². The highest BCUT2D eigenvalue weighted by atomic mass is 16.2. The smallest absolute Gasteiger partial charge is 0.237 e. The number of carbonyl (C=O) groups is 2. The second-order valence-electron chi connectivity index (χ2n) is 9.47. The monoisotopic (exact) mass is 425 g/mol. The van der Waals surface area contributed by atoms with Gasteiger partial charge in [-0.25, -0.2) is 10.4 Å². The Morgan fingerprint density at radius 2 is 2.06 bits per heavy atom. The van der Waals surface area contributed by atoms with Crippen molar-refractivity contribution in [2.45, 2.75) is 71.4 Å². The third-order valence-electron chi connectivity index (χ3n) is 6.64. The molecule has 7 heteroatoms. The first-order valence-corrected chi connectivity index (χ1v) is 11.8. The van der Waals surface area contributed by atoms with Gasteiger partial charge in [-0.05, 0) is 43.2 Å². The molecule has 2 amide bonds. The van der Waals surface area contributed by atoms with Crippen LogP contribution in [-0.4, -0.2) is 34.0 Å². The molecule has 168 valence electrons. The molecule has 0 bridgehead atoms. The van der Waals surface area contributed by atoms with E-state index in [4.69, 9.17) is 4.98 Å². The predicted octanol–water partition coefficient (Wildman–Crippen LogP) is 2.94. The number of carbonyl (C=O) groups excluding carboxylic acids is 2. The maximum Gasteiger partial charge on any atom is 0.237 e. The van der Waals surface area contributed by atoms with Crippen LogP contribution < -0.4 is 16.2 Å². The quantitative estimate of drug-likeness (QED) is 0.568. The van der Waals surface area contributed by atoms with Crippen molar-refractivity contribution in [3.63, 3.8) is 0 Å². The lowest BCUT2D eigenvalue weighted by molar-refractivity contribution is -0.135. The van der Waals surface area contributed by atoms with E-state index in [0.717, 1.165) is 56.4 Å². The number of aromatic nitrogens is 2. The number of amides is 2. The summed E-state index contributed by atoms with van der Waals surface area (Å²) in [4.78, 5) is 29.5. The molecule has 1 saturated carbocycles. The van der Waals surface area contributed by atoms with E-state index in [1.807, 2.05) is 6.07 Å². The second-order valence-corrected chi connectivity index (χ2v) is 9.47. The molecule has 4 rings (SSSR count). The van der Waals surface area contributed by atoms with E-state index in [0.29, 0.717) is 18.9 Å². The summed E-state index contributed by atoms with van der Waals surface area (Å²) in [6.45, 7) is 6.02. The predicted molar refractivity (Wildman–Crippen MR) is 121 cm³/mol. The van der Waals surface area contributed by atoms with Crippen LogP contribution in [0.25, 0.3) is 11.0 Å². The zero-order chi connectivity index (χ0) is 21.8. The first-order valence-electron chi connectivity index (χ1n) is 11.8. The first-order chi connectivity index (χ1) is 15.0. The van der Waals surface area contributed by atoms with Crippen LogP contribution in [-0.2, 0) is 22.6 Å². The van der Waals surface area contributed by atoms with Gasteiger partial charge in [0.15, 0.2) is 0 Å². The van der Waals surface area contributed by atoms with Crippen molar-refractivity contribution < 1.29 is 9.59 Å². The fourth-order valence-corrected chi connectivity index (χ4v) is 5.16. The topological polar surface area (TPSA) is 88.0 Å². The lowest BCUT2D eigenvalue weighted by atomic mass is 9.73. The first kappa shape index (κ1) is 21.8. The van der Waals surface area contributed by atoms with Gasteiger partial charge in [0.25, 0.3) is 0 Å². The van der Waals surface area contributed by atoms with Crippen LogP contribution in [0.4, 0.5) is 0 Å². The molecule has 2 fully saturated rings. The molecule has 7 nitrogen and oxygen atoms in total. The average molecular weight is 426 g/mol. The lowest BCUT2D eigenvalue weighted by Crippen LogP contribution is -2.60. The van der Waals surface area contributed by atoms with E-state index in [9.17, 15) is 9.59 Å². The van der Waals surface area contributed by atoms with Gasteiger partial charge in [0.05, 0.1) is 11.0 Å². The molecule has 2 heterocycles. The van der Waals surface area contributed by atoms with Gasteiger partial charge in [-0.15, -0.1) is 0 Å². The molecule has 1 aromatic carbocycles. The number of rotatable bonds is 8. The van der Waals surface area contributed by atoms with E-state index in [-0.39, 0.29) is 29.7 Å². The maximum absolute atomic E-state index is 12.5. The number of fused-ring (bicyclic) bond motifs is 2. The highest BCUT2D eigenvalue weighted by molar-refractivity contribution is 5.81. The number of benzene rings is 1. The Bertz CT molecular complexity index is 922. The Morgan fingerprint density at radius 3 is 2.90 bits per heavy atom. The summed E-state index contributed by atoms with van der Waals surface area (Å²) < 4.78 is 2.32. The van der Waals surface area contributed by atoms with Gasteiger partial charge in [-0.2, -0.15) is 0 Å².